The van der Waals surface area contributed by atoms with E-state index in [0.717, 1.165) is 23.7 Å². The number of hydrogen-bond donors (Lipinski definition) is 0. The van der Waals surface area contributed by atoms with Gasteiger partial charge in [-0.25, -0.2) is 0 Å². The van der Waals surface area contributed by atoms with Crippen molar-refractivity contribution >= 4 is 33.7 Å². The molecule has 2 heterocycles. The van der Waals surface area contributed by atoms with Crippen LogP contribution in [0.25, 0.3) is 0 Å². The Labute approximate surface area is 97.6 Å². The van der Waals surface area contributed by atoms with Crippen LogP contribution >= 0.6 is 22.9 Å². The summed E-state index contributed by atoms with van der Waals surface area (Å²) >= 11 is 7.40. The third-order valence-electron chi connectivity index (χ3n) is 2.36. The van der Waals surface area contributed by atoms with Gasteiger partial charge < -0.3 is 9.64 Å². The van der Waals surface area contributed by atoms with Crippen molar-refractivity contribution < 1.29 is 9.53 Å². The highest BCUT2D eigenvalue weighted by Crippen LogP contribution is 2.35. The average molecular weight is 246 g/mol. The second-order valence-corrected chi connectivity index (χ2v) is 5.09. The molecular formula is C10H12ClNO2S. The lowest BCUT2D eigenvalue weighted by molar-refractivity contribution is 0.101. The monoisotopic (exact) mass is 245 g/mol. The molecule has 2 rings (SSSR count). The molecule has 3 nitrogen and oxygen atoms in total. The maximum absolute atomic E-state index is 11.4. The highest BCUT2D eigenvalue weighted by Gasteiger charge is 2.19. The van der Waals surface area contributed by atoms with Crippen LogP contribution < -0.4 is 4.90 Å². The lowest BCUT2D eigenvalue weighted by Gasteiger charge is -2.28. The van der Waals surface area contributed by atoms with Crippen molar-refractivity contribution in [2.75, 3.05) is 31.2 Å². The number of morpholine rings is 1. The number of nitrogens with zero attached hydrogens (tertiary/aromatic N) is 1. The molecule has 15 heavy (non-hydrogen) atoms. The summed E-state index contributed by atoms with van der Waals surface area (Å²) in [5.41, 5.74) is 0.729. The molecule has 1 saturated heterocycles. The summed E-state index contributed by atoms with van der Waals surface area (Å²) in [5, 5.41) is 0.982. The van der Waals surface area contributed by atoms with Crippen molar-refractivity contribution in [2.24, 2.45) is 0 Å². The Morgan fingerprint density at radius 3 is 2.80 bits per heavy atom. The molecule has 5 heteroatoms. The standard InChI is InChI=1S/C10H12ClNO2S/c1-7(13)8-6-9(11)15-10(8)12-2-4-14-5-3-12/h6H,2-5H2,1H3. The van der Waals surface area contributed by atoms with E-state index in [4.69, 9.17) is 16.3 Å². The van der Waals surface area contributed by atoms with Gasteiger partial charge in [0.25, 0.3) is 0 Å². The molecule has 0 amide bonds. The lowest BCUT2D eigenvalue weighted by Crippen LogP contribution is -2.36. The highest BCUT2D eigenvalue weighted by molar-refractivity contribution is 7.20. The maximum Gasteiger partial charge on any atom is 0.162 e. The molecule has 0 saturated carbocycles. The summed E-state index contributed by atoms with van der Waals surface area (Å²) in [5.74, 6) is 0.0691. The van der Waals surface area contributed by atoms with Crippen LogP contribution in [0, 0.1) is 0 Å². The van der Waals surface area contributed by atoms with E-state index in [1.54, 1.807) is 13.0 Å². The molecule has 0 radical (unpaired) electrons. The second-order valence-electron chi connectivity index (χ2n) is 3.42. The van der Waals surface area contributed by atoms with Crippen LogP contribution in [0.4, 0.5) is 5.00 Å². The first-order valence-electron chi connectivity index (χ1n) is 4.81. The number of anilines is 1. The van der Waals surface area contributed by atoms with Gasteiger partial charge in [-0.3, -0.25) is 4.79 Å². The van der Waals surface area contributed by atoms with E-state index >= 15 is 0 Å². The lowest BCUT2D eigenvalue weighted by atomic mass is 10.2. The third-order valence-corrected chi connectivity index (χ3v) is 3.68. The van der Waals surface area contributed by atoms with E-state index in [1.807, 2.05) is 0 Å². The van der Waals surface area contributed by atoms with E-state index in [9.17, 15) is 4.79 Å². The summed E-state index contributed by atoms with van der Waals surface area (Å²) in [4.78, 5) is 13.6. The van der Waals surface area contributed by atoms with Gasteiger partial charge in [-0.2, -0.15) is 0 Å². The minimum atomic E-state index is 0.0691. The number of rotatable bonds is 2. The van der Waals surface area contributed by atoms with Gasteiger partial charge in [-0.05, 0) is 13.0 Å². The SMILES string of the molecule is CC(=O)c1cc(Cl)sc1N1CCOCC1. The minimum absolute atomic E-state index is 0.0691. The van der Waals surface area contributed by atoms with Crippen molar-refractivity contribution in [3.63, 3.8) is 0 Å². The first kappa shape index (κ1) is 10.9. The van der Waals surface area contributed by atoms with Crippen molar-refractivity contribution in [3.8, 4) is 0 Å². The number of halogens is 1. The second kappa shape index (κ2) is 4.51. The van der Waals surface area contributed by atoms with Gasteiger partial charge in [-0.15, -0.1) is 11.3 Å². The summed E-state index contributed by atoms with van der Waals surface area (Å²) < 4.78 is 5.94. The molecule has 1 aromatic rings. The number of hydrogen-bond acceptors (Lipinski definition) is 4. The Hall–Kier alpha value is -0.580. The van der Waals surface area contributed by atoms with Crippen LogP contribution in [0.2, 0.25) is 4.34 Å². The first-order chi connectivity index (χ1) is 7.18. The molecule has 1 fully saturated rings. The largest absolute Gasteiger partial charge is 0.378 e. The molecule has 1 aromatic heterocycles. The van der Waals surface area contributed by atoms with Gasteiger partial charge in [0.2, 0.25) is 0 Å². The zero-order valence-corrected chi connectivity index (χ0v) is 10.0. The van der Waals surface area contributed by atoms with E-state index < -0.39 is 0 Å². The predicted octanol–water partition coefficient (Wildman–Crippen LogP) is 2.44. The third kappa shape index (κ3) is 2.33. The number of Topliss-reactive ketones (excluding diaryl/α,β-unsaturated/α-hetero) is 1. The fraction of sp³-hybridized carbons (Fsp3) is 0.500. The molecule has 0 N–H and O–H groups in total. The van der Waals surface area contributed by atoms with Crippen LogP contribution in [0.3, 0.4) is 0 Å². The van der Waals surface area contributed by atoms with E-state index in [-0.39, 0.29) is 5.78 Å². The van der Waals surface area contributed by atoms with Gasteiger partial charge in [0.15, 0.2) is 5.78 Å². The molecule has 82 valence electrons. The molecule has 0 aliphatic carbocycles. The highest BCUT2D eigenvalue weighted by atomic mass is 35.5. The van der Waals surface area contributed by atoms with Crippen LogP contribution in [0.5, 0.6) is 0 Å². The summed E-state index contributed by atoms with van der Waals surface area (Å²) in [6.07, 6.45) is 0. The Bertz CT molecular complexity index is 371. The fourth-order valence-electron chi connectivity index (χ4n) is 1.61. The number of carbonyl (C=O) groups excluding carboxylic acids is 1. The summed E-state index contributed by atoms with van der Waals surface area (Å²) in [6, 6.07) is 1.75. The number of ether oxygens (including phenoxy) is 1. The molecule has 1 aliphatic heterocycles. The van der Waals surface area contributed by atoms with Gasteiger partial charge in [0.1, 0.15) is 5.00 Å². The summed E-state index contributed by atoms with van der Waals surface area (Å²) in [6.45, 7) is 4.66. The Balaban J connectivity index is 2.28. The van der Waals surface area contributed by atoms with Crippen molar-refractivity contribution in [2.45, 2.75) is 6.92 Å². The van der Waals surface area contributed by atoms with Crippen LogP contribution in [-0.2, 0) is 4.74 Å². The Morgan fingerprint density at radius 1 is 1.53 bits per heavy atom. The molecule has 0 bridgehead atoms. The minimum Gasteiger partial charge on any atom is -0.378 e. The molecule has 1 aliphatic rings. The zero-order chi connectivity index (χ0) is 10.8. The van der Waals surface area contributed by atoms with Gasteiger partial charge in [0, 0.05) is 13.1 Å². The van der Waals surface area contributed by atoms with Gasteiger partial charge in [0.05, 0.1) is 23.1 Å². The molecule has 0 atom stereocenters. The summed E-state index contributed by atoms with van der Waals surface area (Å²) in [7, 11) is 0. The van der Waals surface area contributed by atoms with E-state index in [0.29, 0.717) is 17.6 Å². The molecule has 0 spiro atoms. The Morgan fingerprint density at radius 2 is 2.20 bits per heavy atom. The number of ketones is 1. The topological polar surface area (TPSA) is 29.5 Å². The molecule has 0 aromatic carbocycles. The average Bonchev–Trinajstić information content (AvgIpc) is 2.62. The first-order valence-corrected chi connectivity index (χ1v) is 6.01. The quantitative estimate of drug-likeness (QED) is 0.750. The van der Waals surface area contributed by atoms with Crippen LogP contribution in [0.1, 0.15) is 17.3 Å². The number of thiophene rings is 1. The number of carbonyl (C=O) groups is 1. The predicted molar refractivity (Wildman–Crippen MR) is 62.4 cm³/mol. The zero-order valence-electron chi connectivity index (χ0n) is 8.46. The van der Waals surface area contributed by atoms with E-state index in [2.05, 4.69) is 4.90 Å². The van der Waals surface area contributed by atoms with Crippen LogP contribution in [0.15, 0.2) is 6.07 Å². The van der Waals surface area contributed by atoms with Crippen molar-refractivity contribution in [1.82, 2.24) is 0 Å². The molecule has 0 unspecified atom stereocenters. The van der Waals surface area contributed by atoms with Crippen molar-refractivity contribution in [1.29, 1.82) is 0 Å². The van der Waals surface area contributed by atoms with Crippen molar-refractivity contribution in [3.05, 3.63) is 16.0 Å². The van der Waals surface area contributed by atoms with Gasteiger partial charge >= 0.3 is 0 Å². The molecular weight excluding hydrogens is 234 g/mol. The van der Waals surface area contributed by atoms with E-state index in [1.165, 1.54) is 11.3 Å². The van der Waals surface area contributed by atoms with Gasteiger partial charge in [-0.1, -0.05) is 11.6 Å². The normalized spacial score (nSPS) is 16.8. The Kier molecular flexibility index (Phi) is 3.29. The smallest absolute Gasteiger partial charge is 0.162 e. The fourth-order valence-corrected chi connectivity index (χ4v) is 2.92. The van der Waals surface area contributed by atoms with Crippen LogP contribution in [-0.4, -0.2) is 32.1 Å². The maximum atomic E-state index is 11.4.